The number of benzene rings is 3. The SMILES string of the molecule is COc1ccc(C(=O)c2ccccc2-n2cc(O[C@H]3O[C@@H](CO)[C@@H](O)[C@@H](O)[C@@H]3O)c3c(Cl)c(Br)ccc32)c(OC)c1. The predicted molar refractivity (Wildman–Crippen MR) is 153 cm³/mol. The number of rotatable bonds is 8. The Morgan fingerprint density at radius 2 is 1.73 bits per heavy atom. The predicted octanol–water partition coefficient (Wildman–Crippen LogP) is 3.47. The number of halogens is 2. The van der Waals surface area contributed by atoms with Gasteiger partial charge in [-0.15, -0.1) is 0 Å². The Hall–Kier alpha value is -3.16. The number of fused-ring (bicyclic) bond motifs is 1. The average Bonchev–Trinajstić information content (AvgIpc) is 3.36. The molecule has 41 heavy (non-hydrogen) atoms. The van der Waals surface area contributed by atoms with Gasteiger partial charge in [0.25, 0.3) is 0 Å². The summed E-state index contributed by atoms with van der Waals surface area (Å²) in [6, 6.07) is 15.4. The Morgan fingerprint density at radius 1 is 0.976 bits per heavy atom. The molecule has 0 unspecified atom stereocenters. The molecule has 0 aliphatic carbocycles. The highest BCUT2D eigenvalue weighted by molar-refractivity contribution is 9.10. The first-order valence-corrected chi connectivity index (χ1v) is 13.7. The second-order valence-corrected chi connectivity index (χ2v) is 10.6. The maximum atomic E-state index is 13.9. The summed E-state index contributed by atoms with van der Waals surface area (Å²) in [5.41, 5.74) is 1.75. The van der Waals surface area contributed by atoms with Crippen LogP contribution in [0.5, 0.6) is 17.2 Å². The molecule has 0 saturated carbocycles. The van der Waals surface area contributed by atoms with Crippen LogP contribution in [-0.2, 0) is 4.74 Å². The van der Waals surface area contributed by atoms with E-state index in [4.69, 9.17) is 30.5 Å². The minimum atomic E-state index is -1.63. The summed E-state index contributed by atoms with van der Waals surface area (Å²) in [4.78, 5) is 13.9. The first-order valence-electron chi connectivity index (χ1n) is 12.5. The van der Waals surface area contributed by atoms with Crippen molar-refractivity contribution in [2.45, 2.75) is 30.7 Å². The van der Waals surface area contributed by atoms with Gasteiger partial charge in [-0.25, -0.2) is 0 Å². The number of para-hydroxylation sites is 1. The number of ketones is 1. The van der Waals surface area contributed by atoms with Crippen LogP contribution in [0.25, 0.3) is 16.6 Å². The van der Waals surface area contributed by atoms with Crippen LogP contribution < -0.4 is 14.2 Å². The van der Waals surface area contributed by atoms with Crippen LogP contribution in [-0.4, -0.2) is 82.3 Å². The molecule has 1 saturated heterocycles. The lowest BCUT2D eigenvalue weighted by molar-refractivity contribution is -0.277. The van der Waals surface area contributed by atoms with Crippen molar-refractivity contribution in [3.05, 3.63) is 81.4 Å². The summed E-state index contributed by atoms with van der Waals surface area (Å²) in [5.74, 6) is 0.750. The van der Waals surface area contributed by atoms with E-state index in [0.717, 1.165) is 0 Å². The molecular formula is C29H27BrClNO9. The number of aromatic nitrogens is 1. The Kier molecular flexibility index (Phi) is 8.57. The molecule has 4 N–H and O–H groups in total. The van der Waals surface area contributed by atoms with Crippen LogP contribution in [0.15, 0.2) is 65.3 Å². The molecule has 0 radical (unpaired) electrons. The molecule has 216 valence electrons. The zero-order valence-corrected chi connectivity index (χ0v) is 24.2. The lowest BCUT2D eigenvalue weighted by Gasteiger charge is -2.39. The number of ether oxygens (including phenoxy) is 4. The van der Waals surface area contributed by atoms with Crippen molar-refractivity contribution >= 4 is 44.2 Å². The second kappa shape index (κ2) is 12.0. The van der Waals surface area contributed by atoms with E-state index in [1.165, 1.54) is 14.2 Å². The lowest BCUT2D eigenvalue weighted by Crippen LogP contribution is -2.60. The second-order valence-electron chi connectivity index (χ2n) is 9.35. The third-order valence-corrected chi connectivity index (χ3v) is 8.26. The van der Waals surface area contributed by atoms with Gasteiger partial charge in [0, 0.05) is 16.1 Å². The molecule has 5 atom stereocenters. The molecule has 4 aromatic rings. The van der Waals surface area contributed by atoms with Crippen molar-refractivity contribution in [1.29, 1.82) is 0 Å². The van der Waals surface area contributed by atoms with E-state index in [9.17, 15) is 25.2 Å². The number of carbonyl (C=O) groups excluding carboxylic acids is 1. The van der Waals surface area contributed by atoms with Crippen LogP contribution in [0.3, 0.4) is 0 Å². The molecule has 0 spiro atoms. The molecule has 0 amide bonds. The molecule has 5 rings (SSSR count). The standard InChI is InChI=1S/C29H27BrClNO9/c1-38-14-7-8-16(20(11-14)39-2)25(34)15-5-3-4-6-18(15)32-12-21(23-19(32)10-9-17(30)24(23)31)40-29-28(37)27(36)26(35)22(13-33)41-29/h3-12,22,26-29,33,35-37H,13H2,1-2H3/t22-,26+,27+,28-,29-/m0/s1. The molecule has 0 bridgehead atoms. The number of methoxy groups -OCH3 is 2. The lowest BCUT2D eigenvalue weighted by atomic mass is 9.99. The fraction of sp³-hybridized carbons (Fsp3) is 0.276. The van der Waals surface area contributed by atoms with Gasteiger partial charge >= 0.3 is 0 Å². The van der Waals surface area contributed by atoms with Crippen molar-refractivity contribution in [1.82, 2.24) is 4.57 Å². The minimum absolute atomic E-state index is 0.167. The minimum Gasteiger partial charge on any atom is -0.497 e. The largest absolute Gasteiger partial charge is 0.497 e. The van der Waals surface area contributed by atoms with Gasteiger partial charge in [0.15, 0.2) is 5.78 Å². The highest BCUT2D eigenvalue weighted by atomic mass is 79.9. The maximum absolute atomic E-state index is 13.9. The van der Waals surface area contributed by atoms with E-state index in [0.29, 0.717) is 48.7 Å². The number of aliphatic hydroxyl groups is 4. The van der Waals surface area contributed by atoms with Gasteiger partial charge in [-0.2, -0.15) is 0 Å². The zero-order chi connectivity index (χ0) is 29.4. The summed E-state index contributed by atoms with van der Waals surface area (Å²) in [6.45, 7) is -0.608. The van der Waals surface area contributed by atoms with Crippen LogP contribution in [0.1, 0.15) is 15.9 Å². The summed E-state index contributed by atoms with van der Waals surface area (Å²) < 4.78 is 24.6. The molecule has 1 fully saturated rings. The quantitative estimate of drug-likeness (QED) is 0.212. The van der Waals surface area contributed by atoms with Gasteiger partial charge in [-0.3, -0.25) is 4.79 Å². The van der Waals surface area contributed by atoms with Crippen molar-refractivity contribution in [3.63, 3.8) is 0 Å². The molecule has 12 heteroatoms. The van der Waals surface area contributed by atoms with E-state index in [1.54, 1.807) is 65.4 Å². The number of hydrogen-bond acceptors (Lipinski definition) is 9. The number of hydrogen-bond donors (Lipinski definition) is 4. The van der Waals surface area contributed by atoms with Crippen molar-refractivity contribution in [2.75, 3.05) is 20.8 Å². The third kappa shape index (κ3) is 5.30. The summed E-state index contributed by atoms with van der Waals surface area (Å²) in [7, 11) is 3.00. The first kappa shape index (κ1) is 29.3. The summed E-state index contributed by atoms with van der Waals surface area (Å²) in [5, 5.41) is 41.3. The normalized spacial score (nSPS) is 22.5. The summed E-state index contributed by atoms with van der Waals surface area (Å²) >= 11 is 10.1. The van der Waals surface area contributed by atoms with E-state index in [1.807, 2.05) is 0 Å². The van der Waals surface area contributed by atoms with Gasteiger partial charge in [-0.1, -0.05) is 23.7 Å². The van der Waals surface area contributed by atoms with Crippen molar-refractivity contribution < 1.29 is 44.2 Å². The van der Waals surface area contributed by atoms with Crippen LogP contribution in [0.4, 0.5) is 0 Å². The van der Waals surface area contributed by atoms with Crippen LogP contribution in [0.2, 0.25) is 5.02 Å². The van der Waals surface area contributed by atoms with E-state index in [2.05, 4.69) is 15.9 Å². The highest BCUT2D eigenvalue weighted by Crippen LogP contribution is 2.41. The Labute approximate surface area is 248 Å². The van der Waals surface area contributed by atoms with E-state index < -0.39 is 37.3 Å². The van der Waals surface area contributed by atoms with Crippen LogP contribution >= 0.6 is 27.5 Å². The Bertz CT molecular complexity index is 1590. The number of nitrogens with zero attached hydrogens (tertiary/aromatic N) is 1. The van der Waals surface area contributed by atoms with Gasteiger partial charge in [0.05, 0.1) is 54.2 Å². The fourth-order valence-electron chi connectivity index (χ4n) is 4.81. The Balaban J connectivity index is 1.62. The number of aliphatic hydroxyl groups excluding tert-OH is 4. The van der Waals surface area contributed by atoms with Crippen molar-refractivity contribution in [3.8, 4) is 22.9 Å². The average molecular weight is 649 g/mol. The Morgan fingerprint density at radius 3 is 2.44 bits per heavy atom. The monoisotopic (exact) mass is 647 g/mol. The van der Waals surface area contributed by atoms with E-state index in [-0.39, 0.29) is 11.5 Å². The van der Waals surface area contributed by atoms with Gasteiger partial charge in [-0.05, 0) is 52.3 Å². The highest BCUT2D eigenvalue weighted by Gasteiger charge is 2.45. The van der Waals surface area contributed by atoms with Crippen LogP contribution in [0, 0.1) is 0 Å². The zero-order valence-electron chi connectivity index (χ0n) is 21.9. The number of carbonyl (C=O) groups is 1. The van der Waals surface area contributed by atoms with Gasteiger partial charge < -0.3 is 43.9 Å². The maximum Gasteiger partial charge on any atom is 0.229 e. The fourth-order valence-corrected chi connectivity index (χ4v) is 5.40. The van der Waals surface area contributed by atoms with Crippen molar-refractivity contribution in [2.24, 2.45) is 0 Å². The molecular weight excluding hydrogens is 622 g/mol. The molecule has 1 aromatic heterocycles. The smallest absolute Gasteiger partial charge is 0.229 e. The molecule has 1 aliphatic heterocycles. The van der Waals surface area contributed by atoms with Gasteiger partial charge in [0.2, 0.25) is 6.29 Å². The van der Waals surface area contributed by atoms with Gasteiger partial charge in [0.1, 0.15) is 41.7 Å². The summed E-state index contributed by atoms with van der Waals surface area (Å²) in [6.07, 6.45) is -5.82. The topological polar surface area (TPSA) is 140 Å². The molecule has 1 aliphatic rings. The third-order valence-electron chi connectivity index (χ3n) is 6.98. The molecule has 10 nitrogen and oxygen atoms in total. The molecule has 3 aromatic carbocycles. The molecule has 2 heterocycles. The van der Waals surface area contributed by atoms with E-state index >= 15 is 0 Å². The first-order chi connectivity index (χ1) is 19.7.